The van der Waals surface area contributed by atoms with Crippen LogP contribution in [0.1, 0.15) is 10.4 Å². The van der Waals surface area contributed by atoms with Crippen LogP contribution in [0.15, 0.2) is 41.8 Å². The van der Waals surface area contributed by atoms with Crippen LogP contribution in [0.4, 0.5) is 8.78 Å². The normalized spacial score (nSPS) is 15.7. The lowest BCUT2D eigenvalue weighted by Gasteiger charge is -2.34. The predicted octanol–water partition coefficient (Wildman–Crippen LogP) is 2.83. The number of thiophene rings is 1. The molecular weight excluding hydrogens is 384 g/mol. The Morgan fingerprint density at radius 2 is 1.82 bits per heavy atom. The van der Waals surface area contributed by atoms with E-state index in [1.165, 1.54) is 17.0 Å². The lowest BCUT2D eigenvalue weighted by Crippen LogP contribution is -2.49. The molecule has 0 radical (unpaired) electrons. The quantitative estimate of drug-likeness (QED) is 0.692. The van der Waals surface area contributed by atoms with E-state index in [2.05, 4.69) is 37.4 Å². The van der Waals surface area contributed by atoms with Gasteiger partial charge >= 0.3 is 6.61 Å². The molecule has 1 N–H and O–H groups in total. The number of rotatable bonds is 9. The van der Waals surface area contributed by atoms with Gasteiger partial charge in [0.25, 0.3) is 0 Å². The minimum absolute atomic E-state index is 0.0179. The van der Waals surface area contributed by atoms with E-state index in [1.807, 2.05) is 0 Å². The van der Waals surface area contributed by atoms with Crippen LogP contribution < -0.4 is 10.1 Å². The zero-order valence-electron chi connectivity index (χ0n) is 15.7. The van der Waals surface area contributed by atoms with Crippen LogP contribution in [0.2, 0.25) is 0 Å². The van der Waals surface area contributed by atoms with Crippen molar-refractivity contribution >= 4 is 17.2 Å². The van der Waals surface area contributed by atoms with Crippen LogP contribution in [-0.4, -0.2) is 61.6 Å². The van der Waals surface area contributed by atoms with Gasteiger partial charge in [-0.2, -0.15) is 8.78 Å². The summed E-state index contributed by atoms with van der Waals surface area (Å²) in [6.45, 7) is 2.83. The summed E-state index contributed by atoms with van der Waals surface area (Å²) in [5.41, 5.74) is 0.962. The van der Waals surface area contributed by atoms with Crippen molar-refractivity contribution in [2.75, 3.05) is 39.3 Å². The summed E-state index contributed by atoms with van der Waals surface area (Å²) in [5, 5.41) is 5.03. The Kier molecular flexibility index (Phi) is 7.76. The molecule has 0 saturated carbocycles. The highest BCUT2D eigenvalue weighted by Gasteiger charge is 2.19. The van der Waals surface area contributed by atoms with Gasteiger partial charge < -0.3 is 10.1 Å². The number of alkyl halides is 2. The third-order valence-electron chi connectivity index (χ3n) is 4.68. The van der Waals surface area contributed by atoms with Crippen molar-refractivity contribution < 1.29 is 18.3 Å². The first kappa shape index (κ1) is 20.7. The first-order valence-electron chi connectivity index (χ1n) is 9.36. The highest BCUT2D eigenvalue weighted by atomic mass is 32.1. The Morgan fingerprint density at radius 3 is 2.46 bits per heavy atom. The molecule has 1 aliphatic rings. The van der Waals surface area contributed by atoms with E-state index in [-0.39, 0.29) is 11.7 Å². The van der Waals surface area contributed by atoms with Gasteiger partial charge in [-0.3, -0.25) is 14.6 Å². The molecule has 1 saturated heterocycles. The zero-order valence-corrected chi connectivity index (χ0v) is 16.5. The van der Waals surface area contributed by atoms with Gasteiger partial charge in [-0.25, -0.2) is 0 Å². The highest BCUT2D eigenvalue weighted by molar-refractivity contribution is 7.09. The van der Waals surface area contributed by atoms with Crippen molar-refractivity contribution in [3.05, 3.63) is 52.2 Å². The van der Waals surface area contributed by atoms with Crippen LogP contribution in [0.25, 0.3) is 0 Å². The third-order valence-corrected chi connectivity index (χ3v) is 5.54. The van der Waals surface area contributed by atoms with Gasteiger partial charge in [0.05, 0.1) is 6.54 Å². The van der Waals surface area contributed by atoms with Crippen molar-refractivity contribution in [1.82, 2.24) is 15.1 Å². The van der Waals surface area contributed by atoms with Gasteiger partial charge in [0.2, 0.25) is 5.91 Å². The van der Waals surface area contributed by atoms with Crippen LogP contribution in [0.3, 0.4) is 0 Å². The maximum absolute atomic E-state index is 12.1. The largest absolute Gasteiger partial charge is 0.435 e. The molecule has 1 amide bonds. The molecule has 0 aliphatic carbocycles. The number of benzene rings is 1. The lowest BCUT2D eigenvalue weighted by molar-refractivity contribution is -0.122. The first-order valence-corrected chi connectivity index (χ1v) is 10.2. The van der Waals surface area contributed by atoms with Crippen LogP contribution in [-0.2, 0) is 17.8 Å². The maximum Gasteiger partial charge on any atom is 0.387 e. The summed E-state index contributed by atoms with van der Waals surface area (Å²) >= 11 is 1.78. The van der Waals surface area contributed by atoms with Crippen molar-refractivity contribution in [2.45, 2.75) is 19.6 Å². The number of carbonyl (C=O) groups is 1. The van der Waals surface area contributed by atoms with Crippen molar-refractivity contribution in [1.29, 1.82) is 0 Å². The fraction of sp³-hybridized carbons (Fsp3) is 0.450. The van der Waals surface area contributed by atoms with Gasteiger partial charge in [-0.05, 0) is 35.6 Å². The van der Waals surface area contributed by atoms with E-state index in [4.69, 9.17) is 0 Å². The second kappa shape index (κ2) is 10.5. The topological polar surface area (TPSA) is 44.8 Å². The average molecular weight is 410 g/mol. The molecule has 1 aliphatic heterocycles. The Bertz CT molecular complexity index is 718. The fourth-order valence-electron chi connectivity index (χ4n) is 3.17. The van der Waals surface area contributed by atoms with E-state index in [0.717, 1.165) is 38.3 Å². The van der Waals surface area contributed by atoms with E-state index < -0.39 is 6.61 Å². The Morgan fingerprint density at radius 1 is 1.11 bits per heavy atom. The van der Waals surface area contributed by atoms with E-state index in [0.29, 0.717) is 19.5 Å². The highest BCUT2D eigenvalue weighted by Crippen LogP contribution is 2.15. The Labute approximate surface area is 167 Å². The Balaban J connectivity index is 1.30. The molecule has 0 bridgehead atoms. The van der Waals surface area contributed by atoms with E-state index in [9.17, 15) is 13.6 Å². The zero-order chi connectivity index (χ0) is 19.8. The average Bonchev–Trinajstić information content (AvgIpc) is 3.17. The molecule has 5 nitrogen and oxygen atoms in total. The number of ether oxygens (including phenoxy) is 1. The predicted molar refractivity (Wildman–Crippen MR) is 106 cm³/mol. The number of piperazine rings is 1. The van der Waals surface area contributed by atoms with Crippen LogP contribution >= 0.6 is 11.3 Å². The summed E-state index contributed by atoms with van der Waals surface area (Å²) in [6, 6.07) is 10.7. The molecule has 0 unspecified atom stereocenters. The summed E-state index contributed by atoms with van der Waals surface area (Å²) in [4.78, 5) is 18.1. The number of hydrogen-bond donors (Lipinski definition) is 1. The minimum atomic E-state index is -2.82. The Hall–Kier alpha value is -2.03. The number of carbonyl (C=O) groups excluding carboxylic acids is 1. The molecular formula is C20H25F2N3O2S. The lowest BCUT2D eigenvalue weighted by atomic mass is 10.1. The second-order valence-corrected chi connectivity index (χ2v) is 7.79. The molecule has 0 spiro atoms. The fourth-order valence-corrected chi connectivity index (χ4v) is 3.92. The molecule has 152 valence electrons. The molecule has 0 atom stereocenters. The monoisotopic (exact) mass is 409 g/mol. The summed E-state index contributed by atoms with van der Waals surface area (Å²) in [7, 11) is 0. The van der Waals surface area contributed by atoms with Gasteiger partial charge in [-0.1, -0.05) is 18.2 Å². The molecule has 28 heavy (non-hydrogen) atoms. The SMILES string of the molecule is O=C(CN1CCN(Cc2cccs2)CC1)NCCc1ccc(OC(F)F)cc1. The minimum Gasteiger partial charge on any atom is -0.435 e. The van der Waals surface area contributed by atoms with Gasteiger partial charge in [-0.15, -0.1) is 11.3 Å². The standard InChI is InChI=1S/C20H25F2N3O2S/c21-20(22)27-17-5-3-16(4-6-17)7-8-23-19(26)15-25-11-9-24(10-12-25)14-18-2-1-13-28-18/h1-6,13,20H,7-12,14-15H2,(H,23,26). The second-order valence-electron chi connectivity index (χ2n) is 6.75. The molecule has 1 aromatic carbocycles. The molecule has 3 rings (SSSR count). The smallest absolute Gasteiger partial charge is 0.387 e. The first-order chi connectivity index (χ1) is 13.6. The van der Waals surface area contributed by atoms with E-state index in [1.54, 1.807) is 23.5 Å². The molecule has 2 heterocycles. The summed E-state index contributed by atoms with van der Waals surface area (Å²) < 4.78 is 28.6. The number of halogens is 2. The maximum atomic E-state index is 12.1. The molecule has 8 heteroatoms. The van der Waals surface area contributed by atoms with Crippen LogP contribution in [0, 0.1) is 0 Å². The number of nitrogens with one attached hydrogen (secondary N) is 1. The third kappa shape index (κ3) is 6.85. The van der Waals surface area contributed by atoms with Gasteiger partial charge in [0.15, 0.2) is 0 Å². The molecule has 1 fully saturated rings. The van der Waals surface area contributed by atoms with Crippen molar-refractivity contribution in [3.8, 4) is 5.75 Å². The summed E-state index contributed by atoms with van der Waals surface area (Å²) in [5.74, 6) is 0.158. The molecule has 1 aromatic heterocycles. The number of hydrogen-bond acceptors (Lipinski definition) is 5. The van der Waals surface area contributed by atoms with Crippen molar-refractivity contribution in [2.24, 2.45) is 0 Å². The van der Waals surface area contributed by atoms with Crippen LogP contribution in [0.5, 0.6) is 5.75 Å². The van der Waals surface area contributed by atoms with Gasteiger partial charge in [0, 0.05) is 44.1 Å². The number of nitrogens with zero attached hydrogens (tertiary/aromatic N) is 2. The van der Waals surface area contributed by atoms with Gasteiger partial charge in [0.1, 0.15) is 5.75 Å². The summed E-state index contributed by atoms with van der Waals surface area (Å²) in [6.07, 6.45) is 0.648. The van der Waals surface area contributed by atoms with Crippen molar-refractivity contribution in [3.63, 3.8) is 0 Å². The number of amides is 1. The van der Waals surface area contributed by atoms with E-state index >= 15 is 0 Å². The molecule has 2 aromatic rings.